The van der Waals surface area contributed by atoms with Crippen LogP contribution in [-0.2, 0) is 0 Å². The first-order valence-electron chi connectivity index (χ1n) is 13.5. The van der Waals surface area contributed by atoms with Gasteiger partial charge in [-0.25, -0.2) is 4.39 Å². The molecule has 5 nitrogen and oxygen atoms in total. The van der Waals surface area contributed by atoms with E-state index in [1.165, 1.54) is 32.1 Å². The van der Waals surface area contributed by atoms with Gasteiger partial charge in [-0.1, -0.05) is 43.5 Å². The van der Waals surface area contributed by atoms with Crippen LogP contribution in [0.4, 0.5) is 10.1 Å². The first kappa shape index (κ1) is 24.4. The lowest BCUT2D eigenvalue weighted by molar-refractivity contribution is 0.171. The van der Waals surface area contributed by atoms with Crippen molar-refractivity contribution < 1.29 is 13.9 Å². The number of hydrogen-bond donors (Lipinski definition) is 1. The first-order valence-corrected chi connectivity index (χ1v) is 13.5. The Bertz CT molecular complexity index is 957. The van der Waals surface area contributed by atoms with E-state index in [1.807, 2.05) is 24.3 Å². The second-order valence-electron chi connectivity index (χ2n) is 10.4. The van der Waals surface area contributed by atoms with Gasteiger partial charge in [0.15, 0.2) is 11.5 Å². The number of benzene rings is 2. The van der Waals surface area contributed by atoms with Gasteiger partial charge in [-0.2, -0.15) is 0 Å². The van der Waals surface area contributed by atoms with E-state index in [9.17, 15) is 4.39 Å². The maximum atomic E-state index is 14.8. The van der Waals surface area contributed by atoms with E-state index < -0.39 is 0 Å². The largest absolute Gasteiger partial charge is 0.486 e. The summed E-state index contributed by atoms with van der Waals surface area (Å²) in [6.45, 7) is 6.06. The molecule has 1 aliphatic carbocycles. The van der Waals surface area contributed by atoms with Crippen LogP contribution in [0.3, 0.4) is 0 Å². The smallest absolute Gasteiger partial charge is 0.184 e. The maximum absolute atomic E-state index is 14.8. The summed E-state index contributed by atoms with van der Waals surface area (Å²) in [6, 6.07) is 13.6. The second-order valence-corrected chi connectivity index (χ2v) is 10.4. The number of rotatable bonds is 8. The predicted molar refractivity (Wildman–Crippen MR) is 139 cm³/mol. The molecule has 1 saturated heterocycles. The highest BCUT2D eigenvalue weighted by molar-refractivity contribution is 5.65. The number of anilines is 1. The topological polar surface area (TPSA) is 51.0 Å². The van der Waals surface area contributed by atoms with Gasteiger partial charge in [0, 0.05) is 32.2 Å². The number of nitrogens with two attached hydrogens (primary N) is 1. The SMILES string of the molecule is NC(CC(CCN1CCN(c2cccc3c2OCCO3)CC1)c1ccccc1F)C1CCCCC1. The summed E-state index contributed by atoms with van der Waals surface area (Å²) in [6.07, 6.45) is 8.18. The normalized spacial score (nSPS) is 21.0. The number of hydrogen-bond acceptors (Lipinski definition) is 5. The Balaban J connectivity index is 1.19. The monoisotopic (exact) mass is 481 g/mol. The molecule has 190 valence electrons. The molecule has 3 aliphatic rings. The van der Waals surface area contributed by atoms with Gasteiger partial charge in [0.2, 0.25) is 0 Å². The van der Waals surface area contributed by atoms with Crippen molar-refractivity contribution in [2.45, 2.75) is 56.9 Å². The van der Waals surface area contributed by atoms with Crippen LogP contribution in [0.1, 0.15) is 56.4 Å². The standard InChI is InChI=1S/C29H40FN3O2/c30-25-10-5-4-9-24(25)23(21-26(31)22-7-2-1-3-8-22)13-14-32-15-17-33(18-16-32)27-11-6-12-28-29(27)35-20-19-34-28/h4-6,9-12,22-23,26H,1-3,7-8,13-21,31H2. The van der Waals surface area contributed by atoms with Crippen LogP contribution < -0.4 is 20.1 Å². The molecular weight excluding hydrogens is 441 g/mol. The molecule has 0 bridgehead atoms. The molecule has 6 heteroatoms. The fourth-order valence-corrected chi connectivity index (χ4v) is 6.15. The molecule has 2 atom stereocenters. The Morgan fingerprint density at radius 2 is 1.69 bits per heavy atom. The minimum Gasteiger partial charge on any atom is -0.486 e. The number of para-hydroxylation sites is 1. The van der Waals surface area contributed by atoms with E-state index in [4.69, 9.17) is 15.2 Å². The number of ether oxygens (including phenoxy) is 2. The van der Waals surface area contributed by atoms with Gasteiger partial charge in [-0.05, 0) is 67.8 Å². The Hall–Kier alpha value is -2.31. The van der Waals surface area contributed by atoms with Gasteiger partial charge < -0.3 is 20.1 Å². The molecule has 1 saturated carbocycles. The third-order valence-electron chi connectivity index (χ3n) is 8.21. The van der Waals surface area contributed by atoms with Crippen LogP contribution >= 0.6 is 0 Å². The van der Waals surface area contributed by atoms with E-state index in [0.29, 0.717) is 19.1 Å². The number of nitrogens with zero attached hydrogens (tertiary/aromatic N) is 2. The molecular formula is C29H40FN3O2. The number of halogens is 1. The van der Waals surface area contributed by atoms with E-state index in [1.54, 1.807) is 12.1 Å². The van der Waals surface area contributed by atoms with Gasteiger partial charge in [0.1, 0.15) is 19.0 Å². The Labute approximate surface area is 209 Å². The molecule has 2 aliphatic heterocycles. The molecule has 2 aromatic carbocycles. The van der Waals surface area contributed by atoms with Crippen LogP contribution in [0.15, 0.2) is 42.5 Å². The van der Waals surface area contributed by atoms with Crippen LogP contribution in [-0.4, -0.2) is 56.9 Å². The zero-order chi connectivity index (χ0) is 24.0. The van der Waals surface area contributed by atoms with Gasteiger partial charge in [0.05, 0.1) is 5.69 Å². The molecule has 0 spiro atoms. The van der Waals surface area contributed by atoms with E-state index in [2.05, 4.69) is 15.9 Å². The van der Waals surface area contributed by atoms with Gasteiger partial charge in [-0.3, -0.25) is 4.90 Å². The van der Waals surface area contributed by atoms with Crippen molar-refractivity contribution in [2.24, 2.45) is 11.7 Å². The van der Waals surface area contributed by atoms with Crippen molar-refractivity contribution in [1.82, 2.24) is 4.90 Å². The zero-order valence-electron chi connectivity index (χ0n) is 20.8. The van der Waals surface area contributed by atoms with Crippen LogP contribution in [0.2, 0.25) is 0 Å². The van der Waals surface area contributed by atoms with Crippen molar-refractivity contribution in [3.05, 3.63) is 53.8 Å². The zero-order valence-corrected chi connectivity index (χ0v) is 20.8. The summed E-state index contributed by atoms with van der Waals surface area (Å²) in [7, 11) is 0. The molecule has 0 aromatic heterocycles. The minimum atomic E-state index is -0.0887. The summed E-state index contributed by atoms with van der Waals surface area (Å²) in [5, 5.41) is 0. The fourth-order valence-electron chi connectivity index (χ4n) is 6.15. The highest BCUT2D eigenvalue weighted by atomic mass is 19.1. The quantitative estimate of drug-likeness (QED) is 0.562. The summed E-state index contributed by atoms with van der Waals surface area (Å²) in [5.74, 6) is 2.39. The highest BCUT2D eigenvalue weighted by Gasteiger charge is 2.27. The molecule has 5 rings (SSSR count). The third kappa shape index (κ3) is 5.92. The van der Waals surface area contributed by atoms with Gasteiger partial charge in [-0.15, -0.1) is 0 Å². The van der Waals surface area contributed by atoms with Crippen LogP contribution in [0, 0.1) is 11.7 Å². The molecule has 2 aromatic rings. The highest BCUT2D eigenvalue weighted by Crippen LogP contribution is 2.40. The Morgan fingerprint density at radius 1 is 0.914 bits per heavy atom. The van der Waals surface area contributed by atoms with Crippen molar-refractivity contribution in [2.75, 3.05) is 50.8 Å². The lowest BCUT2D eigenvalue weighted by Crippen LogP contribution is -2.47. The minimum absolute atomic E-state index is 0.0887. The Kier molecular flexibility index (Phi) is 8.09. The molecule has 0 amide bonds. The average molecular weight is 482 g/mol. The summed E-state index contributed by atoms with van der Waals surface area (Å²) in [5.41, 5.74) is 8.69. The lowest BCUT2D eigenvalue weighted by Gasteiger charge is -2.38. The maximum Gasteiger partial charge on any atom is 0.184 e. The van der Waals surface area contributed by atoms with Gasteiger partial charge >= 0.3 is 0 Å². The third-order valence-corrected chi connectivity index (χ3v) is 8.21. The second kappa shape index (κ2) is 11.6. The van der Waals surface area contributed by atoms with Crippen LogP contribution in [0.25, 0.3) is 0 Å². The summed E-state index contributed by atoms with van der Waals surface area (Å²) < 4.78 is 26.5. The van der Waals surface area contributed by atoms with Crippen molar-refractivity contribution >= 4 is 5.69 Å². The first-order chi connectivity index (χ1) is 17.2. The Morgan fingerprint density at radius 3 is 2.49 bits per heavy atom. The molecule has 2 unspecified atom stereocenters. The van der Waals surface area contributed by atoms with Crippen LogP contribution in [0.5, 0.6) is 11.5 Å². The summed E-state index contributed by atoms with van der Waals surface area (Å²) >= 11 is 0. The average Bonchev–Trinajstić information content (AvgIpc) is 2.92. The summed E-state index contributed by atoms with van der Waals surface area (Å²) in [4.78, 5) is 4.92. The number of piperazine rings is 1. The predicted octanol–water partition coefficient (Wildman–Crippen LogP) is 5.19. The molecule has 2 fully saturated rings. The van der Waals surface area contributed by atoms with Crippen molar-refractivity contribution in [3.63, 3.8) is 0 Å². The molecule has 2 N–H and O–H groups in total. The van der Waals surface area contributed by atoms with E-state index in [0.717, 1.165) is 68.3 Å². The molecule has 0 radical (unpaired) electrons. The fraction of sp³-hybridized carbons (Fsp3) is 0.586. The van der Waals surface area contributed by atoms with E-state index >= 15 is 0 Å². The van der Waals surface area contributed by atoms with E-state index in [-0.39, 0.29) is 17.8 Å². The molecule has 2 heterocycles. The lowest BCUT2D eigenvalue weighted by atomic mass is 9.78. The number of fused-ring (bicyclic) bond motifs is 1. The molecule has 35 heavy (non-hydrogen) atoms. The van der Waals surface area contributed by atoms with Crippen molar-refractivity contribution in [3.8, 4) is 11.5 Å². The van der Waals surface area contributed by atoms with Crippen molar-refractivity contribution in [1.29, 1.82) is 0 Å². The van der Waals surface area contributed by atoms with Gasteiger partial charge in [0.25, 0.3) is 0 Å².